The van der Waals surface area contributed by atoms with Crippen molar-refractivity contribution in [1.29, 1.82) is 0 Å². The fourth-order valence-electron chi connectivity index (χ4n) is 6.61. The standard InChI is InChI=1S/C36H40Cl2N8O4/c1-3-4-26(2)46-35(47)45(25-41-46)30-8-6-28(7-9-30)42-15-17-43(18-16-42)29-10-12-31(13-11-29)48-20-32-21-49-36(50-32,22-44-24-39-23-40-44)33-14-5-27(37)19-34(33)38/h5-14,19,23-26,32H,3-4,15-18,20-22H2,1-2H3/t26?,32-,36-/m0/s1. The lowest BCUT2D eigenvalue weighted by atomic mass is 10.1. The van der Waals surface area contributed by atoms with Crippen LogP contribution in [-0.2, 0) is 21.8 Å². The van der Waals surface area contributed by atoms with Gasteiger partial charge in [-0.05, 0) is 74.0 Å². The van der Waals surface area contributed by atoms with Crippen LogP contribution in [-0.4, -0.2) is 74.6 Å². The number of nitrogens with zero attached hydrogens (tertiary/aromatic N) is 8. The molecule has 50 heavy (non-hydrogen) atoms. The minimum absolute atomic E-state index is 0.0784. The summed E-state index contributed by atoms with van der Waals surface area (Å²) in [6.45, 7) is 8.58. The van der Waals surface area contributed by atoms with Crippen LogP contribution < -0.4 is 20.2 Å². The molecular formula is C36H40Cl2N8O4. The Hall–Kier alpha value is -4.36. The topological polar surface area (TPSA) is 105 Å². The van der Waals surface area contributed by atoms with Gasteiger partial charge in [-0.15, -0.1) is 0 Å². The van der Waals surface area contributed by atoms with Crippen LogP contribution in [0, 0.1) is 0 Å². The zero-order chi connectivity index (χ0) is 34.7. The Kier molecular flexibility index (Phi) is 10.1. The second-order valence-corrected chi connectivity index (χ2v) is 13.5. The Balaban J connectivity index is 0.921. The van der Waals surface area contributed by atoms with E-state index in [1.165, 1.54) is 6.33 Å². The van der Waals surface area contributed by atoms with Crippen LogP contribution in [0.5, 0.6) is 5.75 Å². The number of rotatable bonds is 12. The molecule has 0 amide bonds. The third-order valence-corrected chi connectivity index (χ3v) is 9.81. The highest BCUT2D eigenvalue weighted by molar-refractivity contribution is 6.35. The summed E-state index contributed by atoms with van der Waals surface area (Å²) in [6, 6.07) is 21.6. The molecule has 0 spiro atoms. The maximum atomic E-state index is 12.9. The first kappa shape index (κ1) is 34.1. The first-order valence-corrected chi connectivity index (χ1v) is 17.7. The molecule has 2 saturated heterocycles. The molecule has 0 saturated carbocycles. The van der Waals surface area contributed by atoms with E-state index in [9.17, 15) is 4.79 Å². The molecule has 4 heterocycles. The van der Waals surface area contributed by atoms with Crippen molar-refractivity contribution in [3.05, 3.63) is 112 Å². The zero-order valence-electron chi connectivity index (χ0n) is 28.1. The van der Waals surface area contributed by atoms with Crippen LogP contribution in [0.25, 0.3) is 5.69 Å². The van der Waals surface area contributed by atoms with E-state index in [2.05, 4.69) is 56.2 Å². The number of anilines is 2. The van der Waals surface area contributed by atoms with Gasteiger partial charge in [0.1, 0.15) is 44.0 Å². The average molecular weight is 720 g/mol. The van der Waals surface area contributed by atoms with Crippen LogP contribution in [0.4, 0.5) is 11.4 Å². The number of hydrogen-bond acceptors (Lipinski definition) is 9. The van der Waals surface area contributed by atoms with Crippen molar-refractivity contribution in [3.8, 4) is 11.4 Å². The fourth-order valence-corrected chi connectivity index (χ4v) is 7.16. The number of hydrogen-bond donors (Lipinski definition) is 0. The van der Waals surface area contributed by atoms with Crippen molar-refractivity contribution in [2.24, 2.45) is 0 Å². The highest BCUT2D eigenvalue weighted by atomic mass is 35.5. The first-order chi connectivity index (χ1) is 24.3. The minimum atomic E-state index is -1.16. The molecular weight excluding hydrogens is 679 g/mol. The number of aromatic nitrogens is 6. The molecule has 2 aromatic heterocycles. The van der Waals surface area contributed by atoms with Gasteiger partial charge in [0.25, 0.3) is 0 Å². The number of piperazine rings is 1. The van der Waals surface area contributed by atoms with Gasteiger partial charge in [0.05, 0.1) is 23.4 Å². The number of ether oxygens (including phenoxy) is 3. The Labute approximate surface area is 300 Å². The molecule has 3 aromatic carbocycles. The molecule has 0 radical (unpaired) electrons. The van der Waals surface area contributed by atoms with E-state index in [1.807, 2.05) is 37.3 Å². The highest BCUT2D eigenvalue weighted by Gasteiger charge is 2.45. The summed E-state index contributed by atoms with van der Waals surface area (Å²) in [7, 11) is 0. The normalized spacial score (nSPS) is 20.0. The first-order valence-electron chi connectivity index (χ1n) is 16.9. The van der Waals surface area contributed by atoms with Crippen molar-refractivity contribution in [3.63, 3.8) is 0 Å². The SMILES string of the molecule is CCCC(C)n1ncn(-c2ccc(N3CCN(c4ccc(OC[C@H]5CO[C@](Cn6cncn6)(c6ccc(Cl)cc6Cl)O5)cc4)CC3)cc2)c1=O. The van der Waals surface area contributed by atoms with Crippen LogP contribution in [0.2, 0.25) is 10.0 Å². The summed E-state index contributed by atoms with van der Waals surface area (Å²) >= 11 is 12.7. The van der Waals surface area contributed by atoms with Crippen molar-refractivity contribution in [2.75, 3.05) is 49.2 Å². The van der Waals surface area contributed by atoms with Crippen molar-refractivity contribution in [1.82, 2.24) is 29.1 Å². The summed E-state index contributed by atoms with van der Waals surface area (Å²) in [5, 5.41) is 9.56. The van der Waals surface area contributed by atoms with E-state index in [1.54, 1.807) is 38.7 Å². The summed E-state index contributed by atoms with van der Waals surface area (Å²) in [5.41, 5.74) is 3.66. The summed E-state index contributed by atoms with van der Waals surface area (Å²) in [6.07, 6.45) is 6.28. The summed E-state index contributed by atoms with van der Waals surface area (Å²) < 4.78 is 23.7. The van der Waals surface area contributed by atoms with E-state index in [4.69, 9.17) is 37.4 Å². The van der Waals surface area contributed by atoms with Gasteiger partial charge in [0.15, 0.2) is 0 Å². The third-order valence-electron chi connectivity index (χ3n) is 9.27. The molecule has 0 N–H and O–H groups in total. The van der Waals surface area contributed by atoms with E-state index in [-0.39, 0.29) is 24.4 Å². The summed E-state index contributed by atoms with van der Waals surface area (Å²) in [5.74, 6) is -0.410. The lowest BCUT2D eigenvalue weighted by Gasteiger charge is -2.37. The van der Waals surface area contributed by atoms with Crippen molar-refractivity contribution < 1.29 is 14.2 Å². The molecule has 14 heteroatoms. The van der Waals surface area contributed by atoms with Gasteiger partial charge in [-0.3, -0.25) is 0 Å². The van der Waals surface area contributed by atoms with E-state index in [0.717, 1.165) is 61.8 Å². The van der Waals surface area contributed by atoms with E-state index >= 15 is 0 Å². The maximum absolute atomic E-state index is 12.9. The second-order valence-electron chi connectivity index (χ2n) is 12.7. The molecule has 0 aliphatic carbocycles. The van der Waals surface area contributed by atoms with Crippen LogP contribution >= 0.6 is 23.2 Å². The summed E-state index contributed by atoms with van der Waals surface area (Å²) in [4.78, 5) is 21.7. The van der Waals surface area contributed by atoms with Crippen molar-refractivity contribution >= 4 is 34.6 Å². The number of halogens is 2. The Morgan fingerprint density at radius 3 is 2.24 bits per heavy atom. The quantitative estimate of drug-likeness (QED) is 0.154. The Morgan fingerprint density at radius 1 is 0.920 bits per heavy atom. The van der Waals surface area contributed by atoms with Crippen LogP contribution in [0.15, 0.2) is 90.5 Å². The molecule has 2 aliphatic rings. The van der Waals surface area contributed by atoms with Gasteiger partial charge in [-0.2, -0.15) is 10.2 Å². The molecule has 2 fully saturated rings. The van der Waals surface area contributed by atoms with Gasteiger partial charge >= 0.3 is 5.69 Å². The van der Waals surface area contributed by atoms with E-state index in [0.29, 0.717) is 28.8 Å². The van der Waals surface area contributed by atoms with Crippen molar-refractivity contribution in [2.45, 2.75) is 51.2 Å². The maximum Gasteiger partial charge on any atom is 0.350 e. The third kappa shape index (κ3) is 7.25. The minimum Gasteiger partial charge on any atom is -0.491 e. The molecule has 1 unspecified atom stereocenters. The predicted molar refractivity (Wildman–Crippen MR) is 193 cm³/mol. The molecule has 0 bridgehead atoms. The molecule has 262 valence electrons. The van der Waals surface area contributed by atoms with E-state index < -0.39 is 5.79 Å². The molecule has 12 nitrogen and oxygen atoms in total. The highest BCUT2D eigenvalue weighted by Crippen LogP contribution is 2.40. The lowest BCUT2D eigenvalue weighted by Crippen LogP contribution is -2.46. The van der Waals surface area contributed by atoms with Crippen LogP contribution in [0.1, 0.15) is 38.3 Å². The Morgan fingerprint density at radius 2 is 1.60 bits per heavy atom. The lowest BCUT2D eigenvalue weighted by molar-refractivity contribution is -0.190. The monoisotopic (exact) mass is 718 g/mol. The predicted octanol–water partition coefficient (Wildman–Crippen LogP) is 5.97. The van der Waals surface area contributed by atoms with Gasteiger partial charge in [-0.25, -0.2) is 23.7 Å². The average Bonchev–Trinajstić information content (AvgIpc) is 3.89. The van der Waals surface area contributed by atoms with Crippen LogP contribution in [0.3, 0.4) is 0 Å². The van der Waals surface area contributed by atoms with Gasteiger partial charge in [0.2, 0.25) is 5.79 Å². The van der Waals surface area contributed by atoms with Gasteiger partial charge < -0.3 is 24.0 Å². The number of benzene rings is 3. The zero-order valence-corrected chi connectivity index (χ0v) is 29.6. The largest absolute Gasteiger partial charge is 0.491 e. The molecule has 2 aliphatic heterocycles. The van der Waals surface area contributed by atoms with Gasteiger partial charge in [-0.1, -0.05) is 42.6 Å². The fraction of sp³-hybridized carbons (Fsp3) is 0.389. The molecule has 3 atom stereocenters. The molecule has 7 rings (SSSR count). The Bertz CT molecular complexity index is 1920. The second kappa shape index (κ2) is 14.9. The van der Waals surface area contributed by atoms with Gasteiger partial charge in [0, 0.05) is 48.1 Å². The smallest absolute Gasteiger partial charge is 0.350 e. The molecule has 5 aromatic rings.